The summed E-state index contributed by atoms with van der Waals surface area (Å²) in [5, 5.41) is 15.0. The minimum atomic E-state index is -0.460. The van der Waals surface area contributed by atoms with Crippen LogP contribution in [0.5, 0.6) is 0 Å². The summed E-state index contributed by atoms with van der Waals surface area (Å²) >= 11 is 0. The molecule has 1 fully saturated rings. The van der Waals surface area contributed by atoms with Crippen LogP contribution < -0.4 is 0 Å². The highest BCUT2D eigenvalue weighted by atomic mass is 16.5. The zero-order chi connectivity index (χ0) is 23.3. The quantitative estimate of drug-likeness (QED) is 0.518. The van der Waals surface area contributed by atoms with Gasteiger partial charge in [0.05, 0.1) is 24.0 Å². The second-order valence-electron chi connectivity index (χ2n) is 10.2. The summed E-state index contributed by atoms with van der Waals surface area (Å²) in [6, 6.07) is 23.0. The predicted molar refractivity (Wildman–Crippen MR) is 130 cm³/mol. The number of ether oxygens (including phenoxy) is 1. The second kappa shape index (κ2) is 10.6. The van der Waals surface area contributed by atoms with E-state index in [1.165, 1.54) is 11.1 Å². The molecule has 0 radical (unpaired) electrons. The van der Waals surface area contributed by atoms with Crippen LogP contribution in [0.2, 0.25) is 0 Å². The van der Waals surface area contributed by atoms with Crippen molar-refractivity contribution in [2.24, 2.45) is 0 Å². The van der Waals surface area contributed by atoms with E-state index in [2.05, 4.69) is 79.4 Å². The van der Waals surface area contributed by atoms with Crippen LogP contribution >= 0.6 is 0 Å². The molecule has 5 heteroatoms. The number of rotatable bonds is 8. The fourth-order valence-electron chi connectivity index (χ4n) is 4.38. The van der Waals surface area contributed by atoms with Gasteiger partial charge in [-0.3, -0.25) is 4.90 Å². The first kappa shape index (κ1) is 23.7. The van der Waals surface area contributed by atoms with Crippen LogP contribution in [0.25, 0.3) is 0 Å². The third kappa shape index (κ3) is 6.76. The average molecular weight is 449 g/mol. The number of hydrogen-bond acceptors (Lipinski definition) is 5. The van der Waals surface area contributed by atoms with Gasteiger partial charge < -0.3 is 14.4 Å². The molecule has 1 aromatic heterocycles. The van der Waals surface area contributed by atoms with Gasteiger partial charge in [-0.25, -0.2) is 0 Å². The van der Waals surface area contributed by atoms with E-state index in [4.69, 9.17) is 9.26 Å². The summed E-state index contributed by atoms with van der Waals surface area (Å²) < 4.78 is 12.0. The van der Waals surface area contributed by atoms with Crippen molar-refractivity contribution in [1.82, 2.24) is 10.1 Å². The Labute approximate surface area is 197 Å². The molecule has 5 nitrogen and oxygen atoms in total. The standard InChI is InChI=1S/C28H36N2O3/c1-28(2,3)27-17-23(29-33-27)16-24-14-15-25(31)26(32-24)20-30(18-21-10-6-4-7-11-21)19-22-12-8-5-9-13-22/h4-13,17,24-26,31H,14-16,18-20H2,1-3H3/t24-,25-,26+/m0/s1. The Morgan fingerprint density at radius 1 is 0.939 bits per heavy atom. The van der Waals surface area contributed by atoms with Crippen LogP contribution in [-0.4, -0.2) is 40.0 Å². The van der Waals surface area contributed by atoms with Crippen LogP contribution in [0, 0.1) is 0 Å². The molecule has 3 atom stereocenters. The van der Waals surface area contributed by atoms with Gasteiger partial charge in [-0.1, -0.05) is 86.6 Å². The maximum atomic E-state index is 10.8. The molecule has 1 aliphatic rings. The minimum Gasteiger partial charge on any atom is -0.390 e. The van der Waals surface area contributed by atoms with Gasteiger partial charge in [0.1, 0.15) is 5.76 Å². The highest BCUT2D eigenvalue weighted by Gasteiger charge is 2.32. The molecule has 0 spiro atoms. The molecule has 2 aromatic carbocycles. The molecule has 4 rings (SSSR count). The zero-order valence-corrected chi connectivity index (χ0v) is 20.0. The molecule has 1 saturated heterocycles. The lowest BCUT2D eigenvalue weighted by atomic mass is 9.92. The van der Waals surface area contributed by atoms with Gasteiger partial charge >= 0.3 is 0 Å². The first-order chi connectivity index (χ1) is 15.9. The Morgan fingerprint density at radius 3 is 2.09 bits per heavy atom. The van der Waals surface area contributed by atoms with E-state index >= 15 is 0 Å². The van der Waals surface area contributed by atoms with E-state index in [1.807, 2.05) is 18.2 Å². The maximum absolute atomic E-state index is 10.8. The Morgan fingerprint density at radius 2 is 1.55 bits per heavy atom. The zero-order valence-electron chi connectivity index (χ0n) is 20.0. The Balaban J connectivity index is 1.43. The van der Waals surface area contributed by atoms with Gasteiger partial charge in [-0.2, -0.15) is 0 Å². The molecule has 1 aliphatic heterocycles. The average Bonchev–Trinajstić information content (AvgIpc) is 3.27. The molecule has 3 aromatic rings. The van der Waals surface area contributed by atoms with Crippen molar-refractivity contribution in [3.05, 3.63) is 89.3 Å². The number of benzene rings is 2. The van der Waals surface area contributed by atoms with E-state index in [-0.39, 0.29) is 17.6 Å². The van der Waals surface area contributed by atoms with Gasteiger partial charge in [0.2, 0.25) is 0 Å². The summed E-state index contributed by atoms with van der Waals surface area (Å²) in [7, 11) is 0. The summed E-state index contributed by atoms with van der Waals surface area (Å²) in [6.07, 6.45) is 1.62. The smallest absolute Gasteiger partial charge is 0.142 e. The lowest BCUT2D eigenvalue weighted by molar-refractivity contribution is -0.127. The summed E-state index contributed by atoms with van der Waals surface area (Å²) in [5.41, 5.74) is 3.37. The number of hydrogen-bond donors (Lipinski definition) is 1. The van der Waals surface area contributed by atoms with Crippen molar-refractivity contribution in [3.63, 3.8) is 0 Å². The molecule has 0 saturated carbocycles. The van der Waals surface area contributed by atoms with Crippen LogP contribution in [0.15, 0.2) is 71.3 Å². The van der Waals surface area contributed by atoms with Gasteiger partial charge in [0.15, 0.2) is 0 Å². The maximum Gasteiger partial charge on any atom is 0.142 e. The first-order valence-corrected chi connectivity index (χ1v) is 12.0. The lowest BCUT2D eigenvalue weighted by Crippen LogP contribution is -2.46. The molecule has 0 bridgehead atoms. The predicted octanol–water partition coefficient (Wildman–Crippen LogP) is 5.13. The Kier molecular flexibility index (Phi) is 7.63. The SMILES string of the molecule is CC(C)(C)c1cc(C[C@@H]2CC[C@H](O)[C@@H](CN(Cc3ccccc3)Cc3ccccc3)O2)no1. The van der Waals surface area contributed by atoms with E-state index in [0.29, 0.717) is 13.0 Å². The van der Waals surface area contributed by atoms with Crippen molar-refractivity contribution in [2.45, 2.75) is 76.9 Å². The summed E-state index contributed by atoms with van der Waals surface area (Å²) in [5.74, 6) is 0.891. The summed E-state index contributed by atoms with van der Waals surface area (Å²) in [6.45, 7) is 8.66. The topological polar surface area (TPSA) is 58.7 Å². The number of aliphatic hydroxyl groups excluding tert-OH is 1. The van der Waals surface area contributed by atoms with Crippen molar-refractivity contribution in [1.29, 1.82) is 0 Å². The molecule has 0 aliphatic carbocycles. The van der Waals surface area contributed by atoms with Crippen LogP contribution in [0.3, 0.4) is 0 Å². The van der Waals surface area contributed by atoms with Crippen molar-refractivity contribution < 1.29 is 14.4 Å². The van der Waals surface area contributed by atoms with Crippen molar-refractivity contribution in [3.8, 4) is 0 Å². The van der Waals surface area contributed by atoms with E-state index in [9.17, 15) is 5.11 Å². The van der Waals surface area contributed by atoms with Crippen LogP contribution in [-0.2, 0) is 29.7 Å². The molecular weight excluding hydrogens is 412 g/mol. The fourth-order valence-corrected chi connectivity index (χ4v) is 4.38. The van der Waals surface area contributed by atoms with E-state index < -0.39 is 6.10 Å². The lowest BCUT2D eigenvalue weighted by Gasteiger charge is -2.37. The molecule has 33 heavy (non-hydrogen) atoms. The molecule has 2 heterocycles. The molecule has 176 valence electrons. The van der Waals surface area contributed by atoms with Crippen LogP contribution in [0.1, 0.15) is 56.2 Å². The van der Waals surface area contributed by atoms with Crippen molar-refractivity contribution in [2.75, 3.05) is 6.54 Å². The Bertz CT molecular complexity index is 940. The highest BCUT2D eigenvalue weighted by Crippen LogP contribution is 2.27. The largest absolute Gasteiger partial charge is 0.390 e. The molecular formula is C28H36N2O3. The monoisotopic (exact) mass is 448 g/mol. The van der Waals surface area contributed by atoms with Gasteiger partial charge in [0.25, 0.3) is 0 Å². The molecule has 0 amide bonds. The number of aromatic nitrogens is 1. The van der Waals surface area contributed by atoms with Gasteiger partial charge in [-0.15, -0.1) is 0 Å². The normalized spacial score (nSPS) is 21.4. The highest BCUT2D eigenvalue weighted by molar-refractivity contribution is 5.17. The third-order valence-electron chi connectivity index (χ3n) is 6.25. The Hall–Kier alpha value is -2.47. The van der Waals surface area contributed by atoms with Crippen molar-refractivity contribution >= 4 is 0 Å². The van der Waals surface area contributed by atoms with Gasteiger partial charge in [0, 0.05) is 37.5 Å². The first-order valence-electron chi connectivity index (χ1n) is 12.0. The number of nitrogens with zero attached hydrogens (tertiary/aromatic N) is 2. The van der Waals surface area contributed by atoms with Crippen LogP contribution in [0.4, 0.5) is 0 Å². The molecule has 0 unspecified atom stereocenters. The van der Waals surface area contributed by atoms with Gasteiger partial charge in [-0.05, 0) is 24.0 Å². The van der Waals surface area contributed by atoms with E-state index in [0.717, 1.165) is 37.4 Å². The van der Waals surface area contributed by atoms with E-state index in [1.54, 1.807) is 0 Å². The number of aliphatic hydroxyl groups is 1. The fraction of sp³-hybridized carbons (Fsp3) is 0.464. The third-order valence-corrected chi connectivity index (χ3v) is 6.25. The second-order valence-corrected chi connectivity index (χ2v) is 10.2. The summed E-state index contributed by atoms with van der Waals surface area (Å²) in [4.78, 5) is 2.37. The minimum absolute atomic E-state index is 0.0339. The molecule has 1 N–H and O–H groups in total.